The first kappa shape index (κ1) is 17.0. The van der Waals surface area contributed by atoms with Gasteiger partial charge in [-0.05, 0) is 52.3 Å². The number of ether oxygens (including phenoxy) is 1. The van der Waals surface area contributed by atoms with Gasteiger partial charge < -0.3 is 14.7 Å². The first-order valence-corrected chi connectivity index (χ1v) is 9.83. The second-order valence-electron chi connectivity index (χ2n) is 7.05. The van der Waals surface area contributed by atoms with Crippen LogP contribution in [0.5, 0.6) is 11.5 Å². The molecule has 3 nitrogen and oxygen atoms in total. The maximum Gasteiger partial charge on any atom is 0.264 e. The van der Waals surface area contributed by atoms with Crippen molar-refractivity contribution in [2.45, 2.75) is 6.42 Å². The van der Waals surface area contributed by atoms with Gasteiger partial charge in [-0.2, -0.15) is 0 Å². The highest BCUT2D eigenvalue weighted by molar-refractivity contribution is 7.80. The van der Waals surface area contributed by atoms with Crippen molar-refractivity contribution in [3.63, 3.8) is 0 Å². The molecule has 1 aliphatic heterocycles. The van der Waals surface area contributed by atoms with Crippen molar-refractivity contribution in [2.24, 2.45) is 0 Å². The number of hydrogen-bond acceptors (Lipinski definition) is 3. The molecule has 0 aromatic heterocycles. The van der Waals surface area contributed by atoms with E-state index in [1.165, 1.54) is 0 Å². The molecule has 0 amide bonds. The van der Waals surface area contributed by atoms with Crippen molar-refractivity contribution in [1.82, 2.24) is 4.90 Å². The molecule has 0 saturated carbocycles. The zero-order valence-electron chi connectivity index (χ0n) is 15.3. The Morgan fingerprint density at radius 1 is 0.786 bits per heavy atom. The standard InChI is InChI=1S/C24H19NO2S/c26-20-12-10-16-6-1-3-8-18(16)22(20)23-19-9-4-2-7-17(19)11-13-21(23)27-24(28)25-14-5-15-25/h1-4,6-13,26H,5,14-15H2. The highest BCUT2D eigenvalue weighted by Crippen LogP contribution is 2.45. The molecule has 28 heavy (non-hydrogen) atoms. The van der Waals surface area contributed by atoms with E-state index in [0.29, 0.717) is 10.9 Å². The Hall–Kier alpha value is -3.11. The second kappa shape index (κ2) is 6.80. The summed E-state index contributed by atoms with van der Waals surface area (Å²) >= 11 is 5.51. The fraction of sp³-hybridized carbons (Fsp3) is 0.125. The molecule has 0 bridgehead atoms. The molecule has 0 unspecified atom stereocenters. The summed E-state index contributed by atoms with van der Waals surface area (Å²) in [5, 5.41) is 15.5. The predicted molar refractivity (Wildman–Crippen MR) is 118 cm³/mol. The van der Waals surface area contributed by atoms with Crippen molar-refractivity contribution in [3.05, 3.63) is 72.8 Å². The van der Waals surface area contributed by atoms with E-state index >= 15 is 0 Å². The summed E-state index contributed by atoms with van der Waals surface area (Å²) in [4.78, 5) is 2.05. The van der Waals surface area contributed by atoms with Crippen LogP contribution >= 0.6 is 12.2 Å². The molecular formula is C24H19NO2S. The summed E-state index contributed by atoms with van der Waals surface area (Å²) in [6, 6.07) is 23.9. The van der Waals surface area contributed by atoms with E-state index in [4.69, 9.17) is 17.0 Å². The Bertz CT molecular complexity index is 1210. The van der Waals surface area contributed by atoms with E-state index in [2.05, 4.69) is 23.1 Å². The van der Waals surface area contributed by atoms with Crippen LogP contribution in [0.4, 0.5) is 0 Å². The fourth-order valence-electron chi connectivity index (χ4n) is 3.77. The molecule has 1 heterocycles. The Morgan fingerprint density at radius 3 is 2.04 bits per heavy atom. The number of benzene rings is 4. The molecule has 1 N–H and O–H groups in total. The molecule has 1 fully saturated rings. The molecule has 0 radical (unpaired) electrons. The molecular weight excluding hydrogens is 366 g/mol. The largest absolute Gasteiger partial charge is 0.507 e. The number of phenols is 1. The maximum absolute atomic E-state index is 10.8. The first-order chi connectivity index (χ1) is 13.7. The summed E-state index contributed by atoms with van der Waals surface area (Å²) in [6.07, 6.45) is 1.14. The smallest absolute Gasteiger partial charge is 0.264 e. The molecule has 4 aromatic carbocycles. The van der Waals surface area contributed by atoms with Crippen molar-refractivity contribution >= 4 is 38.9 Å². The fourth-order valence-corrected chi connectivity index (χ4v) is 4.05. The molecule has 1 saturated heterocycles. The Balaban J connectivity index is 1.79. The molecule has 0 spiro atoms. The number of aromatic hydroxyl groups is 1. The highest BCUT2D eigenvalue weighted by atomic mass is 32.1. The normalized spacial score (nSPS) is 13.5. The number of phenolic OH excluding ortho intramolecular Hbond substituents is 1. The zero-order chi connectivity index (χ0) is 19.1. The van der Waals surface area contributed by atoms with Crippen LogP contribution < -0.4 is 4.74 Å². The van der Waals surface area contributed by atoms with Crippen LogP contribution in [-0.4, -0.2) is 28.3 Å². The van der Waals surface area contributed by atoms with Gasteiger partial charge in [0.1, 0.15) is 11.5 Å². The lowest BCUT2D eigenvalue weighted by Gasteiger charge is -2.32. The average molecular weight is 385 g/mol. The van der Waals surface area contributed by atoms with E-state index in [-0.39, 0.29) is 5.75 Å². The summed E-state index contributed by atoms with van der Waals surface area (Å²) in [5.41, 5.74) is 1.64. The van der Waals surface area contributed by atoms with E-state index < -0.39 is 0 Å². The highest BCUT2D eigenvalue weighted by Gasteiger charge is 2.22. The third kappa shape index (κ3) is 2.77. The molecule has 138 valence electrons. The lowest BCUT2D eigenvalue weighted by atomic mass is 9.92. The SMILES string of the molecule is Oc1ccc2ccccc2c1-c1c(OC(=S)N2CCC2)ccc2ccccc12. The van der Waals surface area contributed by atoms with Crippen LogP contribution in [0.2, 0.25) is 0 Å². The van der Waals surface area contributed by atoms with Gasteiger partial charge in [0, 0.05) is 24.2 Å². The maximum atomic E-state index is 10.8. The lowest BCUT2D eigenvalue weighted by Crippen LogP contribution is -2.43. The minimum absolute atomic E-state index is 0.231. The first-order valence-electron chi connectivity index (χ1n) is 9.42. The van der Waals surface area contributed by atoms with Gasteiger partial charge in [-0.3, -0.25) is 0 Å². The van der Waals surface area contributed by atoms with Crippen molar-refractivity contribution in [1.29, 1.82) is 0 Å². The quantitative estimate of drug-likeness (QED) is 0.446. The number of fused-ring (bicyclic) bond motifs is 2. The molecule has 4 aromatic rings. The van der Waals surface area contributed by atoms with Gasteiger partial charge in [0.15, 0.2) is 0 Å². The molecule has 5 rings (SSSR count). The number of thiocarbonyl (C=S) groups is 1. The van der Waals surface area contributed by atoms with Crippen LogP contribution in [0, 0.1) is 0 Å². The average Bonchev–Trinajstić information content (AvgIpc) is 2.67. The van der Waals surface area contributed by atoms with Gasteiger partial charge in [0.05, 0.1) is 0 Å². The molecule has 0 aliphatic carbocycles. The van der Waals surface area contributed by atoms with Gasteiger partial charge in [-0.15, -0.1) is 0 Å². The number of rotatable bonds is 2. The van der Waals surface area contributed by atoms with Crippen LogP contribution in [-0.2, 0) is 0 Å². The van der Waals surface area contributed by atoms with E-state index in [0.717, 1.165) is 52.2 Å². The van der Waals surface area contributed by atoms with E-state index in [1.54, 1.807) is 6.07 Å². The number of hydrogen-bond donors (Lipinski definition) is 1. The third-order valence-corrected chi connectivity index (χ3v) is 5.70. The third-order valence-electron chi connectivity index (χ3n) is 5.36. The summed E-state index contributed by atoms with van der Waals surface area (Å²) in [7, 11) is 0. The Kier molecular flexibility index (Phi) is 4.14. The minimum atomic E-state index is 0.231. The van der Waals surface area contributed by atoms with Gasteiger partial charge in [0.2, 0.25) is 0 Å². The topological polar surface area (TPSA) is 32.7 Å². The van der Waals surface area contributed by atoms with Crippen molar-refractivity contribution in [2.75, 3.05) is 13.1 Å². The Morgan fingerprint density at radius 2 is 1.39 bits per heavy atom. The Labute approximate surface area is 168 Å². The van der Waals surface area contributed by atoms with Crippen LogP contribution in [0.25, 0.3) is 32.7 Å². The second-order valence-corrected chi connectivity index (χ2v) is 7.40. The van der Waals surface area contributed by atoms with E-state index in [1.807, 2.05) is 48.5 Å². The number of nitrogens with zero attached hydrogens (tertiary/aromatic N) is 1. The van der Waals surface area contributed by atoms with Gasteiger partial charge in [0.25, 0.3) is 5.17 Å². The summed E-state index contributed by atoms with van der Waals surface area (Å²) in [5.74, 6) is 0.900. The van der Waals surface area contributed by atoms with E-state index in [9.17, 15) is 5.11 Å². The molecule has 0 atom stereocenters. The van der Waals surface area contributed by atoms with Gasteiger partial charge in [-0.25, -0.2) is 0 Å². The van der Waals surface area contributed by atoms with Crippen LogP contribution in [0.1, 0.15) is 6.42 Å². The van der Waals surface area contributed by atoms with Gasteiger partial charge in [-0.1, -0.05) is 60.7 Å². The molecule has 4 heteroatoms. The number of likely N-dealkylation sites (tertiary alicyclic amines) is 1. The van der Waals surface area contributed by atoms with Gasteiger partial charge >= 0.3 is 0 Å². The summed E-state index contributed by atoms with van der Waals surface area (Å²) in [6.45, 7) is 1.86. The van der Waals surface area contributed by atoms with Crippen molar-refractivity contribution in [3.8, 4) is 22.6 Å². The predicted octanol–water partition coefficient (Wildman–Crippen LogP) is 5.74. The lowest BCUT2D eigenvalue weighted by molar-refractivity contribution is 0.261. The summed E-state index contributed by atoms with van der Waals surface area (Å²) < 4.78 is 6.16. The van der Waals surface area contributed by atoms with Crippen LogP contribution in [0.15, 0.2) is 72.8 Å². The van der Waals surface area contributed by atoms with Crippen molar-refractivity contribution < 1.29 is 9.84 Å². The molecule has 1 aliphatic rings. The van der Waals surface area contributed by atoms with Crippen LogP contribution in [0.3, 0.4) is 0 Å². The zero-order valence-corrected chi connectivity index (χ0v) is 16.1. The monoisotopic (exact) mass is 385 g/mol. The minimum Gasteiger partial charge on any atom is -0.507 e.